The Labute approximate surface area is 221 Å². The maximum absolute atomic E-state index is 3.94. The minimum atomic E-state index is -1.22. The van der Waals surface area contributed by atoms with Crippen LogP contribution in [0.4, 0.5) is 0 Å². The van der Waals surface area contributed by atoms with Gasteiger partial charge < -0.3 is 0 Å². The van der Waals surface area contributed by atoms with Gasteiger partial charge in [-0.1, -0.05) is 128 Å². The van der Waals surface area contributed by atoms with Crippen LogP contribution in [0.3, 0.4) is 0 Å². The number of hydrogen-bond donors (Lipinski definition) is 0. The highest BCUT2D eigenvalue weighted by Gasteiger charge is 2.39. The van der Waals surface area contributed by atoms with Crippen molar-refractivity contribution < 1.29 is 0 Å². The third-order valence-electron chi connectivity index (χ3n) is 7.02. The number of rotatable bonds is 5. The van der Waals surface area contributed by atoms with E-state index in [0.29, 0.717) is 10.3 Å². The lowest BCUT2D eigenvalue weighted by Gasteiger charge is -2.44. The van der Waals surface area contributed by atoms with Gasteiger partial charge in [-0.25, -0.2) is 0 Å². The van der Waals surface area contributed by atoms with Gasteiger partial charge in [0.25, 0.3) is 0 Å². The Bertz CT molecular complexity index is 1010. The molecule has 0 aromatic heterocycles. The van der Waals surface area contributed by atoms with Crippen molar-refractivity contribution in [3.8, 4) is 0 Å². The fourth-order valence-electron chi connectivity index (χ4n) is 5.86. The van der Waals surface area contributed by atoms with Crippen LogP contribution >= 0.6 is 7.92 Å². The van der Waals surface area contributed by atoms with E-state index in [1.54, 1.807) is 0 Å². The first-order chi connectivity index (χ1) is 17.1. The molecule has 0 aliphatic carbocycles. The Balaban J connectivity index is 0.000000280. The zero-order valence-corrected chi connectivity index (χ0v) is 23.9. The SMILES string of the molecule is C=C[PH+](C(C)(C)C)C(C)(C)C.c1ccc([B-](c2ccccc2)(c2ccccc2)c2ccccc2)cc1. The zero-order valence-electron chi connectivity index (χ0n) is 22.9. The summed E-state index contributed by atoms with van der Waals surface area (Å²) in [7, 11) is -0.451. The van der Waals surface area contributed by atoms with Crippen LogP contribution in [0.2, 0.25) is 0 Å². The summed E-state index contributed by atoms with van der Waals surface area (Å²) in [6, 6.07) is 43.5. The first-order valence-corrected chi connectivity index (χ1v) is 14.6. The van der Waals surface area contributed by atoms with Crippen LogP contribution in [0.5, 0.6) is 0 Å². The Morgan fingerprint density at radius 2 is 0.694 bits per heavy atom. The van der Waals surface area contributed by atoms with E-state index in [9.17, 15) is 0 Å². The summed E-state index contributed by atoms with van der Waals surface area (Å²) >= 11 is 0. The molecule has 0 spiro atoms. The van der Waals surface area contributed by atoms with Gasteiger partial charge in [-0.15, -0.1) is 0 Å². The highest BCUT2D eigenvalue weighted by molar-refractivity contribution is 7.63. The standard InChI is InChI=1S/C24H20B.C10H21P/c1-5-13-21(14-6-1)25(22-15-7-2-8-16-22,23-17-9-3-10-18-23)24-19-11-4-12-20-24;1-8-11(9(2,3)4)10(5,6)7/h1-20H;8H,1H2,2-7H3/q-1;/p+1. The molecule has 0 unspecified atom stereocenters. The second-order valence-electron chi connectivity index (χ2n) is 11.6. The molecule has 0 amide bonds. The van der Waals surface area contributed by atoms with Gasteiger partial charge >= 0.3 is 0 Å². The zero-order chi connectivity index (χ0) is 26.2. The summed E-state index contributed by atoms with van der Waals surface area (Å²) in [6.45, 7) is 17.8. The van der Waals surface area contributed by atoms with Gasteiger partial charge in [0.1, 0.15) is 6.15 Å². The highest BCUT2D eigenvalue weighted by Crippen LogP contribution is 2.59. The van der Waals surface area contributed by atoms with Crippen molar-refractivity contribution in [2.24, 2.45) is 0 Å². The average molecular weight is 492 g/mol. The molecule has 0 aliphatic rings. The van der Waals surface area contributed by atoms with E-state index >= 15 is 0 Å². The van der Waals surface area contributed by atoms with E-state index in [1.165, 1.54) is 21.9 Å². The first-order valence-electron chi connectivity index (χ1n) is 13.0. The summed E-state index contributed by atoms with van der Waals surface area (Å²) < 4.78 is 0. The molecule has 0 saturated carbocycles. The Morgan fingerprint density at radius 1 is 0.472 bits per heavy atom. The molecule has 0 atom stereocenters. The van der Waals surface area contributed by atoms with Crippen molar-refractivity contribution in [3.05, 3.63) is 134 Å². The van der Waals surface area contributed by atoms with Crippen molar-refractivity contribution >= 4 is 35.9 Å². The van der Waals surface area contributed by atoms with Gasteiger partial charge in [0.2, 0.25) is 0 Å². The largest absolute Gasteiger partial charge is 0.195 e. The molecule has 0 nitrogen and oxygen atoms in total. The first kappa shape index (κ1) is 27.7. The Hall–Kier alpha value is -2.89. The molecule has 4 aromatic carbocycles. The van der Waals surface area contributed by atoms with E-state index in [4.69, 9.17) is 0 Å². The third-order valence-corrected chi connectivity index (χ3v) is 10.7. The lowest BCUT2D eigenvalue weighted by atomic mass is 9.13. The molecule has 4 rings (SSSR count). The summed E-state index contributed by atoms with van der Waals surface area (Å²) in [5.74, 6) is 2.19. The molecule has 0 N–H and O–H groups in total. The smallest absolute Gasteiger partial charge is 0.108 e. The predicted octanol–water partition coefficient (Wildman–Crippen LogP) is 7.01. The van der Waals surface area contributed by atoms with E-state index in [0.717, 1.165) is 0 Å². The molecule has 4 aromatic rings. The molecule has 0 radical (unpaired) electrons. The van der Waals surface area contributed by atoms with Gasteiger partial charge in [-0.2, -0.15) is 21.9 Å². The fraction of sp³-hybridized carbons (Fsp3) is 0.235. The van der Waals surface area contributed by atoms with Crippen molar-refractivity contribution in [2.75, 3.05) is 0 Å². The quantitative estimate of drug-likeness (QED) is 0.208. The predicted molar refractivity (Wildman–Crippen MR) is 168 cm³/mol. The molecule has 36 heavy (non-hydrogen) atoms. The van der Waals surface area contributed by atoms with Gasteiger partial charge in [0, 0.05) is 7.92 Å². The van der Waals surface area contributed by atoms with Crippen LogP contribution in [0, 0.1) is 0 Å². The molecular formula is C34H42BP. The molecule has 0 heterocycles. The monoisotopic (exact) mass is 492 g/mol. The van der Waals surface area contributed by atoms with Crippen LogP contribution in [-0.4, -0.2) is 16.5 Å². The fourth-order valence-corrected chi connectivity index (χ4v) is 9.33. The second kappa shape index (κ2) is 11.9. The minimum Gasteiger partial charge on any atom is -0.195 e. The van der Waals surface area contributed by atoms with Gasteiger partial charge in [0.15, 0.2) is 0 Å². The molecular weight excluding hydrogens is 450 g/mol. The molecule has 0 saturated heterocycles. The molecule has 186 valence electrons. The molecule has 2 heteroatoms. The molecule has 0 aliphatic heterocycles. The van der Waals surface area contributed by atoms with Crippen molar-refractivity contribution in [1.29, 1.82) is 0 Å². The highest BCUT2D eigenvalue weighted by atomic mass is 31.1. The van der Waals surface area contributed by atoms with E-state index in [-0.39, 0.29) is 0 Å². The van der Waals surface area contributed by atoms with Crippen LogP contribution < -0.4 is 21.9 Å². The Kier molecular flexibility index (Phi) is 9.16. The average Bonchev–Trinajstić information content (AvgIpc) is 2.86. The summed E-state index contributed by atoms with van der Waals surface area (Å²) in [6.07, 6.45) is -1.22. The maximum atomic E-state index is 3.94. The van der Waals surface area contributed by atoms with Crippen molar-refractivity contribution in [3.63, 3.8) is 0 Å². The number of benzene rings is 4. The molecule has 0 fully saturated rings. The van der Waals surface area contributed by atoms with E-state index in [1.807, 2.05) is 0 Å². The van der Waals surface area contributed by atoms with Crippen molar-refractivity contribution in [2.45, 2.75) is 51.9 Å². The topological polar surface area (TPSA) is 0 Å². The van der Waals surface area contributed by atoms with Crippen molar-refractivity contribution in [1.82, 2.24) is 0 Å². The third kappa shape index (κ3) is 6.26. The van der Waals surface area contributed by atoms with E-state index in [2.05, 4.69) is 175 Å². The van der Waals surface area contributed by atoms with Crippen LogP contribution in [-0.2, 0) is 0 Å². The Morgan fingerprint density at radius 3 is 0.833 bits per heavy atom. The normalized spacial score (nSPS) is 12.0. The van der Waals surface area contributed by atoms with Gasteiger partial charge in [-0.3, -0.25) is 0 Å². The number of hydrogen-bond acceptors (Lipinski definition) is 0. The van der Waals surface area contributed by atoms with Crippen LogP contribution in [0.25, 0.3) is 0 Å². The lowest BCUT2D eigenvalue weighted by Crippen LogP contribution is -2.74. The summed E-state index contributed by atoms with van der Waals surface area (Å²) in [5, 5.41) is 0.870. The maximum Gasteiger partial charge on any atom is 0.108 e. The molecule has 0 bridgehead atoms. The van der Waals surface area contributed by atoms with E-state index < -0.39 is 14.1 Å². The summed E-state index contributed by atoms with van der Waals surface area (Å²) in [4.78, 5) is 0. The summed E-state index contributed by atoms with van der Waals surface area (Å²) in [5.41, 5.74) is 5.36. The van der Waals surface area contributed by atoms with Crippen LogP contribution in [0.1, 0.15) is 41.5 Å². The second-order valence-corrected chi connectivity index (χ2v) is 15.9. The van der Waals surface area contributed by atoms with Gasteiger partial charge in [0.05, 0.1) is 16.1 Å². The van der Waals surface area contributed by atoms with Crippen LogP contribution in [0.15, 0.2) is 134 Å². The van der Waals surface area contributed by atoms with Gasteiger partial charge in [-0.05, 0) is 41.5 Å². The lowest BCUT2D eigenvalue weighted by molar-refractivity contribution is 0.714. The minimum absolute atomic E-state index is 0.435.